The molecule has 0 atom stereocenters. The first-order valence-corrected chi connectivity index (χ1v) is 8.93. The zero-order valence-corrected chi connectivity index (χ0v) is 14.6. The average molecular weight is 330 g/mol. The Morgan fingerprint density at radius 1 is 1.35 bits per heavy atom. The number of pyridine rings is 1. The van der Waals surface area contributed by atoms with Crippen molar-refractivity contribution in [3.05, 3.63) is 29.7 Å². The summed E-state index contributed by atoms with van der Waals surface area (Å²) in [7, 11) is 0. The minimum Gasteiger partial charge on any atom is -0.370 e. The van der Waals surface area contributed by atoms with Crippen LogP contribution in [0.4, 0.5) is 5.82 Å². The Kier molecular flexibility index (Phi) is 6.41. The third kappa shape index (κ3) is 4.96. The van der Waals surface area contributed by atoms with Gasteiger partial charge in [-0.25, -0.2) is 4.98 Å². The summed E-state index contributed by atoms with van der Waals surface area (Å²) < 4.78 is 2.21. The topological polar surface area (TPSA) is 79.4 Å². The highest BCUT2D eigenvalue weighted by Gasteiger charge is 2.12. The van der Waals surface area contributed by atoms with Crippen LogP contribution in [0.2, 0.25) is 0 Å². The number of nitriles is 1. The van der Waals surface area contributed by atoms with E-state index in [1.54, 1.807) is 17.8 Å². The van der Waals surface area contributed by atoms with Crippen molar-refractivity contribution in [1.82, 2.24) is 19.7 Å². The molecule has 23 heavy (non-hydrogen) atoms. The zero-order valence-electron chi connectivity index (χ0n) is 13.8. The molecule has 2 aromatic heterocycles. The second-order valence-corrected chi connectivity index (χ2v) is 6.43. The Morgan fingerprint density at radius 2 is 2.17 bits per heavy atom. The highest BCUT2D eigenvalue weighted by Crippen LogP contribution is 2.16. The number of aryl methyl sites for hydroxylation is 1. The summed E-state index contributed by atoms with van der Waals surface area (Å²) in [4.78, 5) is 4.20. The minimum atomic E-state index is 0.427. The van der Waals surface area contributed by atoms with Crippen LogP contribution in [0.1, 0.15) is 31.8 Å². The average Bonchev–Trinajstić information content (AvgIpc) is 2.93. The minimum absolute atomic E-state index is 0.427. The number of thioether (sulfide) groups is 1. The summed E-state index contributed by atoms with van der Waals surface area (Å²) in [5, 5.41) is 21.6. The van der Waals surface area contributed by atoms with Crippen molar-refractivity contribution >= 4 is 17.6 Å². The van der Waals surface area contributed by atoms with Gasteiger partial charge in [-0.15, -0.1) is 10.2 Å². The summed E-state index contributed by atoms with van der Waals surface area (Å²) in [5.41, 5.74) is 0.427. The molecule has 0 saturated carbocycles. The van der Waals surface area contributed by atoms with Crippen LogP contribution in [0.5, 0.6) is 0 Å². The molecule has 0 radical (unpaired) electrons. The largest absolute Gasteiger partial charge is 0.370 e. The van der Waals surface area contributed by atoms with E-state index in [0.717, 1.165) is 42.7 Å². The van der Waals surface area contributed by atoms with Gasteiger partial charge in [-0.1, -0.05) is 31.7 Å². The van der Waals surface area contributed by atoms with Crippen LogP contribution in [0.3, 0.4) is 0 Å². The van der Waals surface area contributed by atoms with E-state index in [2.05, 4.69) is 38.9 Å². The van der Waals surface area contributed by atoms with E-state index in [4.69, 9.17) is 5.26 Å². The maximum absolute atomic E-state index is 8.85. The molecule has 0 saturated heterocycles. The van der Waals surface area contributed by atoms with Crippen molar-refractivity contribution in [2.75, 3.05) is 18.1 Å². The fraction of sp³-hybridized carbons (Fsp3) is 0.500. The van der Waals surface area contributed by atoms with Gasteiger partial charge in [0.1, 0.15) is 23.4 Å². The Bertz CT molecular complexity index is 673. The van der Waals surface area contributed by atoms with Gasteiger partial charge in [0.15, 0.2) is 5.16 Å². The molecule has 2 aromatic rings. The monoisotopic (exact) mass is 330 g/mol. The maximum Gasteiger partial charge on any atom is 0.190 e. The Morgan fingerprint density at radius 3 is 2.87 bits per heavy atom. The lowest BCUT2D eigenvalue weighted by Gasteiger charge is -2.11. The lowest BCUT2D eigenvalue weighted by atomic mass is 10.2. The van der Waals surface area contributed by atoms with Gasteiger partial charge in [-0.3, -0.25) is 0 Å². The molecule has 7 heteroatoms. The molecule has 0 aromatic carbocycles. The fourth-order valence-corrected chi connectivity index (χ4v) is 2.78. The summed E-state index contributed by atoms with van der Waals surface area (Å²) in [5.74, 6) is 2.33. The number of hydrogen-bond acceptors (Lipinski definition) is 6. The third-order valence-electron chi connectivity index (χ3n) is 3.27. The van der Waals surface area contributed by atoms with Crippen LogP contribution >= 0.6 is 11.8 Å². The first-order valence-electron chi connectivity index (χ1n) is 7.71. The first kappa shape index (κ1) is 17.3. The van der Waals surface area contributed by atoms with Crippen molar-refractivity contribution in [3.63, 3.8) is 0 Å². The number of aromatic nitrogens is 4. The van der Waals surface area contributed by atoms with Crippen LogP contribution in [-0.2, 0) is 13.0 Å². The number of anilines is 1. The van der Waals surface area contributed by atoms with Crippen LogP contribution in [0.15, 0.2) is 23.4 Å². The summed E-state index contributed by atoms with van der Waals surface area (Å²) in [6.07, 6.45) is 3.83. The summed E-state index contributed by atoms with van der Waals surface area (Å²) in [6, 6.07) is 7.44. The molecule has 0 aliphatic rings. The van der Waals surface area contributed by atoms with Gasteiger partial charge in [-0.05, 0) is 30.7 Å². The van der Waals surface area contributed by atoms with Gasteiger partial charge in [0.05, 0.1) is 0 Å². The molecular formula is C16H22N6S. The maximum atomic E-state index is 8.85. The number of rotatable bonds is 8. The van der Waals surface area contributed by atoms with Crippen molar-refractivity contribution in [3.8, 4) is 6.07 Å². The van der Waals surface area contributed by atoms with Crippen LogP contribution in [0, 0.1) is 17.2 Å². The molecule has 6 nitrogen and oxygen atoms in total. The smallest absolute Gasteiger partial charge is 0.190 e. The van der Waals surface area contributed by atoms with Crippen molar-refractivity contribution in [2.45, 2.75) is 38.4 Å². The van der Waals surface area contributed by atoms with Gasteiger partial charge >= 0.3 is 0 Å². The predicted molar refractivity (Wildman–Crippen MR) is 92.4 cm³/mol. The molecule has 0 spiro atoms. The van der Waals surface area contributed by atoms with E-state index < -0.39 is 0 Å². The highest BCUT2D eigenvalue weighted by molar-refractivity contribution is 7.98. The summed E-state index contributed by atoms with van der Waals surface area (Å²) >= 11 is 1.63. The van der Waals surface area contributed by atoms with Crippen molar-refractivity contribution in [2.24, 2.45) is 5.92 Å². The molecule has 122 valence electrons. The lowest BCUT2D eigenvalue weighted by molar-refractivity contribution is 0.478. The normalized spacial score (nSPS) is 10.7. The number of hydrogen-bond donors (Lipinski definition) is 1. The molecule has 0 unspecified atom stereocenters. The second-order valence-electron chi connectivity index (χ2n) is 5.66. The highest BCUT2D eigenvalue weighted by atomic mass is 32.2. The molecule has 2 heterocycles. The molecule has 0 fully saturated rings. The predicted octanol–water partition coefficient (Wildman–Crippen LogP) is 2.97. The Balaban J connectivity index is 1.89. The van der Waals surface area contributed by atoms with E-state index in [1.165, 1.54) is 0 Å². The Hall–Kier alpha value is -2.07. The molecule has 0 amide bonds. The zero-order chi connectivity index (χ0) is 16.7. The van der Waals surface area contributed by atoms with Gasteiger partial charge in [0.25, 0.3) is 0 Å². The van der Waals surface area contributed by atoms with Gasteiger partial charge < -0.3 is 9.88 Å². The van der Waals surface area contributed by atoms with Gasteiger partial charge in [-0.2, -0.15) is 5.26 Å². The van der Waals surface area contributed by atoms with Crippen molar-refractivity contribution in [1.29, 1.82) is 5.26 Å². The summed E-state index contributed by atoms with van der Waals surface area (Å²) in [6.45, 7) is 6.12. The van der Waals surface area contributed by atoms with Gasteiger partial charge in [0, 0.05) is 19.5 Å². The van der Waals surface area contributed by atoms with E-state index in [-0.39, 0.29) is 0 Å². The fourth-order valence-electron chi connectivity index (χ4n) is 2.26. The first-order chi connectivity index (χ1) is 11.1. The second kappa shape index (κ2) is 8.53. The van der Waals surface area contributed by atoms with E-state index in [0.29, 0.717) is 11.6 Å². The van der Waals surface area contributed by atoms with Gasteiger partial charge in [0.2, 0.25) is 0 Å². The standard InChI is InChI=1S/C16H22N6S/c1-12(2)11-22-15(20-21-16(22)23-3)8-5-9-18-14-7-4-6-13(10-17)19-14/h4,6-7,12H,5,8-9,11H2,1-3H3,(H,18,19). The van der Waals surface area contributed by atoms with Crippen molar-refractivity contribution < 1.29 is 0 Å². The third-order valence-corrected chi connectivity index (χ3v) is 3.94. The quantitative estimate of drug-likeness (QED) is 0.592. The SMILES string of the molecule is CSc1nnc(CCCNc2cccc(C#N)n2)n1CC(C)C. The molecule has 0 aliphatic heterocycles. The van der Waals surface area contributed by atoms with Crippen LogP contribution in [0.25, 0.3) is 0 Å². The lowest BCUT2D eigenvalue weighted by Crippen LogP contribution is -2.12. The van der Waals surface area contributed by atoms with Crippen LogP contribution < -0.4 is 5.32 Å². The number of nitrogens with zero attached hydrogens (tertiary/aromatic N) is 5. The van der Waals surface area contributed by atoms with E-state index >= 15 is 0 Å². The number of nitrogens with one attached hydrogen (secondary N) is 1. The molecule has 1 N–H and O–H groups in total. The molecular weight excluding hydrogens is 308 g/mol. The van der Waals surface area contributed by atoms with E-state index in [9.17, 15) is 0 Å². The van der Waals surface area contributed by atoms with E-state index in [1.807, 2.05) is 24.5 Å². The molecule has 2 rings (SSSR count). The molecule has 0 aliphatic carbocycles. The molecule has 0 bridgehead atoms. The van der Waals surface area contributed by atoms with Crippen LogP contribution in [-0.4, -0.2) is 32.5 Å². The Labute approximate surface area is 141 Å².